The Bertz CT molecular complexity index is 710. The molecule has 3 nitrogen and oxygen atoms in total. The van der Waals surface area contributed by atoms with Gasteiger partial charge >= 0.3 is 0 Å². The minimum absolute atomic E-state index is 0.138. The summed E-state index contributed by atoms with van der Waals surface area (Å²) in [6, 6.07) is 8.62. The van der Waals surface area contributed by atoms with E-state index in [2.05, 4.69) is 37.2 Å². The molecule has 0 fully saturated rings. The van der Waals surface area contributed by atoms with Crippen molar-refractivity contribution >= 4 is 60.4 Å². The smallest absolute Gasteiger partial charge is 0.161 e. The maximum absolute atomic E-state index is 14.3. The van der Waals surface area contributed by atoms with Crippen LogP contribution < -0.4 is 15.8 Å². The van der Waals surface area contributed by atoms with Gasteiger partial charge in [-0.2, -0.15) is 0 Å². The third kappa shape index (κ3) is 3.53. The maximum Gasteiger partial charge on any atom is 0.161 e. The summed E-state index contributed by atoms with van der Waals surface area (Å²) in [5.41, 5.74) is 7.03. The molecule has 21 heavy (non-hydrogen) atoms. The molecular formula is C14H11Br2FN2OS. The molecule has 0 atom stereocenters. The van der Waals surface area contributed by atoms with Gasteiger partial charge in [0, 0.05) is 11.3 Å². The van der Waals surface area contributed by atoms with E-state index in [0.29, 0.717) is 17.0 Å². The van der Waals surface area contributed by atoms with E-state index < -0.39 is 5.82 Å². The zero-order valence-corrected chi connectivity index (χ0v) is 14.9. The molecule has 0 saturated carbocycles. The van der Waals surface area contributed by atoms with Gasteiger partial charge in [-0.1, -0.05) is 12.2 Å². The van der Waals surface area contributed by atoms with Crippen LogP contribution in [0, 0.1) is 5.82 Å². The van der Waals surface area contributed by atoms with Crippen LogP contribution >= 0.6 is 44.1 Å². The number of halogens is 3. The minimum Gasteiger partial charge on any atom is -0.496 e. The molecule has 2 aromatic rings. The zero-order chi connectivity index (χ0) is 15.6. The fourth-order valence-corrected chi connectivity index (χ4v) is 3.14. The van der Waals surface area contributed by atoms with E-state index in [1.165, 1.54) is 0 Å². The topological polar surface area (TPSA) is 47.3 Å². The number of rotatable bonds is 4. The first-order valence-electron chi connectivity index (χ1n) is 5.82. The van der Waals surface area contributed by atoms with Crippen molar-refractivity contribution in [2.45, 2.75) is 0 Å². The normalized spacial score (nSPS) is 10.3. The van der Waals surface area contributed by atoms with Crippen LogP contribution in [0.25, 0.3) is 0 Å². The van der Waals surface area contributed by atoms with Gasteiger partial charge in [0.25, 0.3) is 0 Å². The van der Waals surface area contributed by atoms with Gasteiger partial charge in [0.15, 0.2) is 5.82 Å². The number of benzene rings is 2. The Kier molecular flexibility index (Phi) is 5.18. The SMILES string of the molecule is COc1ccc(Nc2ccc(C(N)=S)c(Br)c2F)cc1Br. The number of hydrogen-bond donors (Lipinski definition) is 2. The lowest BCUT2D eigenvalue weighted by Gasteiger charge is -2.12. The van der Waals surface area contributed by atoms with E-state index in [9.17, 15) is 4.39 Å². The molecule has 0 spiro atoms. The summed E-state index contributed by atoms with van der Waals surface area (Å²) < 4.78 is 20.5. The first kappa shape index (κ1) is 16.2. The van der Waals surface area contributed by atoms with Crippen LogP contribution in [0.15, 0.2) is 39.3 Å². The monoisotopic (exact) mass is 432 g/mol. The second-order valence-electron chi connectivity index (χ2n) is 4.13. The Morgan fingerprint density at radius 3 is 2.57 bits per heavy atom. The average molecular weight is 434 g/mol. The highest BCUT2D eigenvalue weighted by molar-refractivity contribution is 9.10. The van der Waals surface area contributed by atoms with Gasteiger partial charge in [-0.25, -0.2) is 4.39 Å². The second kappa shape index (κ2) is 6.72. The van der Waals surface area contributed by atoms with Gasteiger partial charge in [-0.05, 0) is 62.2 Å². The number of methoxy groups -OCH3 is 1. The van der Waals surface area contributed by atoms with Crippen molar-refractivity contribution in [1.29, 1.82) is 0 Å². The van der Waals surface area contributed by atoms with E-state index in [1.807, 2.05) is 0 Å². The molecule has 110 valence electrons. The Morgan fingerprint density at radius 1 is 1.29 bits per heavy atom. The molecule has 2 aromatic carbocycles. The van der Waals surface area contributed by atoms with Crippen LogP contribution in [0.5, 0.6) is 5.75 Å². The molecular weight excluding hydrogens is 423 g/mol. The Hall–Kier alpha value is -1.18. The first-order valence-corrected chi connectivity index (χ1v) is 7.82. The maximum atomic E-state index is 14.3. The van der Waals surface area contributed by atoms with E-state index >= 15 is 0 Å². The number of ether oxygens (including phenoxy) is 1. The molecule has 7 heteroatoms. The minimum atomic E-state index is -0.452. The largest absolute Gasteiger partial charge is 0.496 e. The molecule has 0 aliphatic rings. The fourth-order valence-electron chi connectivity index (χ4n) is 1.74. The fraction of sp³-hybridized carbons (Fsp3) is 0.0714. The van der Waals surface area contributed by atoms with Crippen molar-refractivity contribution in [2.75, 3.05) is 12.4 Å². The standard InChI is InChI=1S/C14H11Br2FN2OS/c1-20-11-5-2-7(6-9(11)15)19-10-4-3-8(14(18)21)12(16)13(10)17/h2-6,19H,1H3,(H2,18,21). The first-order chi connectivity index (χ1) is 9.93. The lowest BCUT2D eigenvalue weighted by molar-refractivity contribution is 0.412. The second-order valence-corrected chi connectivity index (χ2v) is 6.21. The molecule has 0 unspecified atom stereocenters. The molecule has 0 amide bonds. The van der Waals surface area contributed by atoms with Crippen LogP contribution in [-0.4, -0.2) is 12.1 Å². The quantitative estimate of drug-likeness (QED) is 0.683. The molecule has 0 aliphatic carbocycles. The number of nitrogens with two attached hydrogens (primary N) is 1. The molecule has 0 bridgehead atoms. The van der Waals surface area contributed by atoms with Gasteiger partial charge in [0.2, 0.25) is 0 Å². The molecule has 0 radical (unpaired) electrons. The van der Waals surface area contributed by atoms with Crippen LogP contribution in [0.2, 0.25) is 0 Å². The lowest BCUT2D eigenvalue weighted by Crippen LogP contribution is -2.11. The number of thiocarbonyl (C=S) groups is 1. The highest BCUT2D eigenvalue weighted by Gasteiger charge is 2.13. The summed E-state index contributed by atoms with van der Waals surface area (Å²) in [4.78, 5) is 0.138. The number of anilines is 2. The van der Waals surface area contributed by atoms with Gasteiger partial charge in [0.1, 0.15) is 10.7 Å². The van der Waals surface area contributed by atoms with Crippen LogP contribution in [0.1, 0.15) is 5.56 Å². The van der Waals surface area contributed by atoms with Crippen molar-refractivity contribution < 1.29 is 9.13 Å². The van der Waals surface area contributed by atoms with Crippen molar-refractivity contribution in [3.05, 3.63) is 50.7 Å². The van der Waals surface area contributed by atoms with E-state index in [1.54, 1.807) is 37.4 Å². The van der Waals surface area contributed by atoms with Crippen LogP contribution in [0.3, 0.4) is 0 Å². The summed E-state index contributed by atoms with van der Waals surface area (Å²) in [5.74, 6) is 0.248. The van der Waals surface area contributed by atoms with Gasteiger partial charge in [-0.15, -0.1) is 0 Å². The zero-order valence-electron chi connectivity index (χ0n) is 10.9. The highest BCUT2D eigenvalue weighted by Crippen LogP contribution is 2.32. The van der Waals surface area contributed by atoms with Crippen molar-refractivity contribution in [2.24, 2.45) is 5.73 Å². The molecule has 0 aromatic heterocycles. The van der Waals surface area contributed by atoms with Gasteiger partial charge in [-0.3, -0.25) is 0 Å². The van der Waals surface area contributed by atoms with E-state index in [4.69, 9.17) is 22.7 Å². The summed E-state index contributed by atoms with van der Waals surface area (Å²) >= 11 is 11.4. The van der Waals surface area contributed by atoms with Crippen molar-refractivity contribution in [3.8, 4) is 5.75 Å². The molecule has 0 heterocycles. The van der Waals surface area contributed by atoms with E-state index in [-0.39, 0.29) is 9.46 Å². The predicted octanol–water partition coefficient (Wildman–Crippen LogP) is 4.74. The third-order valence-corrected chi connectivity index (χ3v) is 4.39. The van der Waals surface area contributed by atoms with Gasteiger partial charge < -0.3 is 15.8 Å². The summed E-state index contributed by atoms with van der Waals surface area (Å²) in [6.45, 7) is 0. The van der Waals surface area contributed by atoms with Crippen LogP contribution in [0.4, 0.5) is 15.8 Å². The highest BCUT2D eigenvalue weighted by atomic mass is 79.9. The average Bonchev–Trinajstić information content (AvgIpc) is 2.44. The number of nitrogens with one attached hydrogen (secondary N) is 1. The number of hydrogen-bond acceptors (Lipinski definition) is 3. The van der Waals surface area contributed by atoms with Crippen molar-refractivity contribution in [3.63, 3.8) is 0 Å². The molecule has 0 saturated heterocycles. The summed E-state index contributed by atoms with van der Waals surface area (Å²) in [6.07, 6.45) is 0. The summed E-state index contributed by atoms with van der Waals surface area (Å²) in [7, 11) is 1.58. The lowest BCUT2D eigenvalue weighted by atomic mass is 10.2. The van der Waals surface area contributed by atoms with Crippen LogP contribution in [-0.2, 0) is 0 Å². The molecule has 2 rings (SSSR count). The molecule has 3 N–H and O–H groups in total. The summed E-state index contributed by atoms with van der Waals surface area (Å²) in [5, 5.41) is 3.00. The third-order valence-electron chi connectivity index (χ3n) is 2.78. The predicted molar refractivity (Wildman–Crippen MR) is 94.0 cm³/mol. The van der Waals surface area contributed by atoms with Crippen molar-refractivity contribution in [1.82, 2.24) is 0 Å². The van der Waals surface area contributed by atoms with E-state index in [0.717, 1.165) is 10.2 Å². The Morgan fingerprint density at radius 2 is 2.00 bits per heavy atom. The molecule has 0 aliphatic heterocycles. The Balaban J connectivity index is 2.34. The van der Waals surface area contributed by atoms with Gasteiger partial charge in [0.05, 0.1) is 21.7 Å². The Labute approximate surface area is 143 Å².